The van der Waals surface area contributed by atoms with Gasteiger partial charge >= 0.3 is 93.5 Å². The van der Waals surface area contributed by atoms with Gasteiger partial charge in [0.2, 0.25) is 0 Å². The first-order valence-electron chi connectivity index (χ1n) is 34.0. The van der Waals surface area contributed by atoms with Crippen LogP contribution in [-0.4, -0.2) is 74.9 Å². The van der Waals surface area contributed by atoms with Gasteiger partial charge in [-0.1, -0.05) is 291 Å². The van der Waals surface area contributed by atoms with Crippen LogP contribution in [0.3, 0.4) is 0 Å². The van der Waals surface area contributed by atoms with Gasteiger partial charge in [-0.05, 0) is 64.2 Å². The van der Waals surface area contributed by atoms with Crippen LogP contribution in [0.15, 0.2) is 0 Å². The van der Waals surface area contributed by atoms with Crippen molar-refractivity contribution in [2.45, 2.75) is 404 Å². The van der Waals surface area contributed by atoms with Gasteiger partial charge in [0, 0.05) is 29.8 Å². The summed E-state index contributed by atoms with van der Waals surface area (Å²) in [6, 6.07) is 0. The molecule has 0 N–H and O–H groups in total. The zero-order chi connectivity index (χ0) is 60.2. The van der Waals surface area contributed by atoms with Gasteiger partial charge in [0.15, 0.2) is 0 Å². The van der Waals surface area contributed by atoms with Crippen LogP contribution in [0, 0.1) is 0 Å². The minimum atomic E-state index is -0.909. The van der Waals surface area contributed by atoms with E-state index in [-0.39, 0.29) is 90.6 Å². The van der Waals surface area contributed by atoms with E-state index in [0.29, 0.717) is 0 Å². The van der Waals surface area contributed by atoms with E-state index in [2.05, 4.69) is 48.5 Å². The minimum Gasteiger partial charge on any atom is -0.813 e. The van der Waals surface area contributed by atoms with E-state index < -0.39 is 29.8 Å². The van der Waals surface area contributed by atoms with Gasteiger partial charge in [0.05, 0.1) is 0 Å². The summed E-state index contributed by atoms with van der Waals surface area (Å²) in [5, 5.41) is 50.5. The Morgan fingerprint density at radius 2 is 0.321 bits per heavy atom. The largest absolute Gasteiger partial charge is 4.00 e. The van der Waals surface area contributed by atoms with E-state index in [0.717, 1.165) is 64.2 Å². The summed E-state index contributed by atoms with van der Waals surface area (Å²) in [6.45, 7) is 15.7. The molecule has 0 unspecified atom stereocenters. The average Bonchev–Trinajstić information content (AvgIpc) is 3.41. The standard InChI is InChI=1S/5C12H24O2.2C4H9.H2S.2Sn/c5*1-2-3-4-5-6-7-8-9-10-11-12(13)14;2*1-3-4-2;;;/h5*2-11H2,1H3,(H,13,14);2*1,3-4H2,2H3;1H2;;/q;;;;;;;;+2;+4/p-6. The first kappa shape index (κ1) is 96.6. The Balaban J connectivity index is -0.000000132. The average molecular weight is 1380 g/mol. The molecule has 0 aromatic heterocycles. The molecule has 0 saturated carbocycles. The second-order valence-corrected chi connectivity index (χ2v) is 26.5. The van der Waals surface area contributed by atoms with Crippen molar-refractivity contribution in [1.29, 1.82) is 0 Å². The molecule has 0 aliphatic heterocycles. The molecule has 0 rings (SSSR count). The molecule has 480 valence electrons. The number of unbranched alkanes of at least 4 members (excludes halogenated alkanes) is 42. The van der Waals surface area contributed by atoms with Crippen molar-refractivity contribution in [2.75, 3.05) is 0 Å². The van der Waals surface area contributed by atoms with Crippen LogP contribution in [0.25, 0.3) is 0 Å². The van der Waals surface area contributed by atoms with Crippen molar-refractivity contribution in [2.24, 2.45) is 0 Å². The third kappa shape index (κ3) is 130. The number of carbonyl (C=O) groups is 5. The molecule has 0 fully saturated rings. The number of carbonyl (C=O) groups excluding carboxylic acids is 5. The molecular weight excluding hydrogens is 1250 g/mol. The molecule has 0 radical (unpaired) electrons. The first-order valence-corrected chi connectivity index (χ1v) is 38.0. The molecule has 0 heterocycles. The number of aliphatic carboxylic acids is 5. The van der Waals surface area contributed by atoms with Crippen LogP contribution in [0.1, 0.15) is 395 Å². The molecule has 81 heavy (non-hydrogen) atoms. The fourth-order valence-electron chi connectivity index (χ4n) is 8.63. The number of carboxylic acids is 5. The third-order valence-corrected chi connectivity index (χ3v) is 17.9. The number of hydrogen-bond donors (Lipinski definition) is 0. The summed E-state index contributed by atoms with van der Waals surface area (Å²) in [5.41, 5.74) is 0. The van der Waals surface area contributed by atoms with Gasteiger partial charge in [-0.2, -0.15) is 0 Å². The molecule has 0 aliphatic rings. The molecule has 0 saturated heterocycles. The van der Waals surface area contributed by atoms with Gasteiger partial charge in [-0.25, -0.2) is 0 Å². The van der Waals surface area contributed by atoms with E-state index >= 15 is 0 Å². The summed E-state index contributed by atoms with van der Waals surface area (Å²) in [5.74, 6) is -4.55. The van der Waals surface area contributed by atoms with Crippen LogP contribution in [0.4, 0.5) is 0 Å². The smallest absolute Gasteiger partial charge is 0.813 e. The van der Waals surface area contributed by atoms with Crippen molar-refractivity contribution in [3.63, 3.8) is 0 Å². The summed E-state index contributed by atoms with van der Waals surface area (Å²) in [6.07, 6.45) is 61.7. The number of rotatable bonds is 56. The number of thiol groups is 1. The molecule has 0 atom stereocenters. The van der Waals surface area contributed by atoms with Crippen LogP contribution >= 0.6 is 0 Å². The maximum atomic E-state index is 10.1. The van der Waals surface area contributed by atoms with Gasteiger partial charge in [-0.3, -0.25) is 0 Å². The maximum Gasteiger partial charge on any atom is 4.00 e. The van der Waals surface area contributed by atoms with Crippen molar-refractivity contribution >= 4 is 88.4 Å². The van der Waals surface area contributed by atoms with Gasteiger partial charge in [0.25, 0.3) is 0 Å². The zero-order valence-electron chi connectivity index (χ0n) is 54.6. The molecule has 10 nitrogen and oxygen atoms in total. The third-order valence-electron chi connectivity index (χ3n) is 13.8. The van der Waals surface area contributed by atoms with E-state index in [9.17, 15) is 49.5 Å². The van der Waals surface area contributed by atoms with Crippen molar-refractivity contribution < 1.29 is 49.5 Å². The van der Waals surface area contributed by atoms with Crippen LogP contribution in [-0.2, 0) is 37.5 Å². The fourth-order valence-corrected chi connectivity index (χ4v) is 12.8. The molecule has 0 aromatic carbocycles. The van der Waals surface area contributed by atoms with Crippen LogP contribution in [0.2, 0.25) is 8.87 Å². The molecule has 0 spiro atoms. The summed E-state index contributed by atoms with van der Waals surface area (Å²) in [7, 11) is 0. The van der Waals surface area contributed by atoms with E-state index in [1.807, 2.05) is 0 Å². The summed E-state index contributed by atoms with van der Waals surface area (Å²) in [4.78, 5) is 50.5. The van der Waals surface area contributed by atoms with Crippen LogP contribution < -0.4 is 25.5 Å². The van der Waals surface area contributed by atoms with Crippen molar-refractivity contribution in [3.8, 4) is 0 Å². The Kier molecular flexibility index (Phi) is 114. The van der Waals surface area contributed by atoms with Crippen molar-refractivity contribution in [1.82, 2.24) is 0 Å². The van der Waals surface area contributed by atoms with E-state index in [1.54, 1.807) is 8.87 Å². The quantitative estimate of drug-likeness (QED) is 0.0243. The Morgan fingerprint density at radius 3 is 0.432 bits per heavy atom. The number of carboxylic acid groups (broad SMARTS) is 5. The molecule has 13 heteroatoms. The van der Waals surface area contributed by atoms with E-state index in [1.165, 1.54) is 250 Å². The SMILES string of the molecule is CCCCCCCCCCCC(=O)[O-].CCCCCCCCCCCC(=O)[O-].CCCCCCCCCCCC(=O)[O-].CCCCCCCCCCCC(=O)[O-].CCCCCCCCCCCC(=O)[O-].CCC[CH2][Sn+2][CH2]CCC.[SH-].[Sn+4]. The van der Waals surface area contributed by atoms with Crippen LogP contribution in [0.5, 0.6) is 0 Å². The minimum absolute atomic E-state index is 0. The molecular formula is C68H134O10SSn2. The second kappa shape index (κ2) is 95.6. The summed E-state index contributed by atoms with van der Waals surface area (Å²) < 4.78 is 3.25. The monoisotopic (exact) mass is 1380 g/mol. The second-order valence-electron chi connectivity index (χ2n) is 22.2. The Hall–Kier alpha value is -0.703. The molecule has 0 aromatic rings. The zero-order valence-corrected chi connectivity index (χ0v) is 61.2. The van der Waals surface area contributed by atoms with Gasteiger partial charge in [-0.15, -0.1) is 0 Å². The van der Waals surface area contributed by atoms with Gasteiger partial charge in [0.1, 0.15) is 0 Å². The Morgan fingerprint density at radius 1 is 0.210 bits per heavy atom. The first-order chi connectivity index (χ1) is 38.3. The summed E-state index contributed by atoms with van der Waals surface area (Å²) >= 11 is 0.149. The molecule has 0 bridgehead atoms. The van der Waals surface area contributed by atoms with Crippen molar-refractivity contribution in [3.05, 3.63) is 0 Å². The Bertz CT molecular complexity index is 974. The predicted octanol–water partition coefficient (Wildman–Crippen LogP) is 15.8. The molecule has 0 amide bonds. The Labute approximate surface area is 538 Å². The topological polar surface area (TPSA) is 201 Å². The normalized spacial score (nSPS) is 9.96. The van der Waals surface area contributed by atoms with Gasteiger partial charge < -0.3 is 63.0 Å². The predicted molar refractivity (Wildman–Crippen MR) is 344 cm³/mol. The fraction of sp³-hybridized carbons (Fsp3) is 0.926. The number of hydrogen-bond acceptors (Lipinski definition) is 11. The van der Waals surface area contributed by atoms with E-state index in [4.69, 9.17) is 0 Å². The molecule has 0 aliphatic carbocycles. The maximum absolute atomic E-state index is 10.1.